The molecule has 2 aromatic heterocycles. The number of aromatic nitrogens is 4. The standard InChI is InChI=1S/C23H27N5O4/c1-3-17-4-6-18(7-5-17)19-14-20-22(30)27(24-16(2)28(20)25-19)15-21(29)26-10-8-23(9-11-26)31-12-13-32-23/h4-7,14H,3,8-13,15H2,1-2H3. The Labute approximate surface area is 185 Å². The molecule has 2 aliphatic heterocycles. The average molecular weight is 438 g/mol. The molecule has 0 saturated carbocycles. The molecule has 0 aliphatic carbocycles. The lowest BCUT2D eigenvalue weighted by Crippen LogP contribution is -2.48. The fourth-order valence-corrected chi connectivity index (χ4v) is 4.44. The SMILES string of the molecule is CCc1ccc(-c2cc3c(=O)n(CC(=O)N4CCC5(CC4)OCCO5)nc(C)n3n2)cc1. The highest BCUT2D eigenvalue weighted by Gasteiger charge is 2.40. The van der Waals surface area contributed by atoms with Crippen LogP contribution in [0.15, 0.2) is 35.1 Å². The number of carbonyl (C=O) groups is 1. The van der Waals surface area contributed by atoms with Crippen molar-refractivity contribution >= 4 is 11.4 Å². The lowest BCUT2D eigenvalue weighted by atomic mass is 10.0. The number of hydrogen-bond acceptors (Lipinski definition) is 6. The maximum absolute atomic E-state index is 13.1. The minimum Gasteiger partial charge on any atom is -0.347 e. The van der Waals surface area contributed by atoms with Crippen LogP contribution >= 0.6 is 0 Å². The van der Waals surface area contributed by atoms with Gasteiger partial charge in [-0.25, -0.2) is 9.20 Å². The van der Waals surface area contributed by atoms with E-state index in [1.54, 1.807) is 22.4 Å². The second-order valence-corrected chi connectivity index (χ2v) is 8.38. The summed E-state index contributed by atoms with van der Waals surface area (Å²) in [5, 5.41) is 8.92. The van der Waals surface area contributed by atoms with Crippen molar-refractivity contribution in [2.45, 2.75) is 45.4 Å². The lowest BCUT2D eigenvalue weighted by Gasteiger charge is -2.37. The zero-order valence-corrected chi connectivity index (χ0v) is 18.4. The maximum Gasteiger partial charge on any atom is 0.293 e. The summed E-state index contributed by atoms with van der Waals surface area (Å²) in [6.45, 7) is 6.07. The van der Waals surface area contributed by atoms with E-state index in [-0.39, 0.29) is 18.0 Å². The Morgan fingerprint density at radius 3 is 2.44 bits per heavy atom. The van der Waals surface area contributed by atoms with Gasteiger partial charge in [-0.15, -0.1) is 0 Å². The van der Waals surface area contributed by atoms with Crippen LogP contribution in [0.4, 0.5) is 0 Å². The summed E-state index contributed by atoms with van der Waals surface area (Å²) < 4.78 is 14.2. The first-order chi connectivity index (χ1) is 15.5. The molecule has 0 bridgehead atoms. The number of carbonyl (C=O) groups excluding carboxylic acids is 1. The Balaban J connectivity index is 1.37. The van der Waals surface area contributed by atoms with E-state index < -0.39 is 5.79 Å². The fraction of sp³-hybridized carbons (Fsp3) is 0.478. The molecular formula is C23H27N5O4. The maximum atomic E-state index is 13.1. The Bertz CT molecular complexity index is 1200. The zero-order valence-electron chi connectivity index (χ0n) is 18.4. The van der Waals surface area contributed by atoms with Crippen LogP contribution < -0.4 is 5.56 Å². The van der Waals surface area contributed by atoms with Crippen LogP contribution in [0.5, 0.6) is 0 Å². The Kier molecular flexibility index (Phi) is 5.30. The van der Waals surface area contributed by atoms with Crippen molar-refractivity contribution in [2.24, 2.45) is 0 Å². The van der Waals surface area contributed by atoms with Crippen molar-refractivity contribution < 1.29 is 14.3 Å². The number of rotatable bonds is 4. The van der Waals surface area contributed by atoms with Crippen molar-refractivity contribution in [3.8, 4) is 11.3 Å². The normalized spacial score (nSPS) is 18.0. The largest absolute Gasteiger partial charge is 0.347 e. The third kappa shape index (κ3) is 3.71. The molecule has 9 heteroatoms. The van der Waals surface area contributed by atoms with Crippen LogP contribution in [0, 0.1) is 6.92 Å². The Hall–Kier alpha value is -3.04. The van der Waals surface area contributed by atoms with E-state index in [0.29, 0.717) is 56.2 Å². The molecule has 1 amide bonds. The lowest BCUT2D eigenvalue weighted by molar-refractivity contribution is -0.187. The zero-order chi connectivity index (χ0) is 22.3. The van der Waals surface area contributed by atoms with Gasteiger partial charge in [0, 0.05) is 31.5 Å². The summed E-state index contributed by atoms with van der Waals surface area (Å²) in [5.41, 5.74) is 2.96. The first-order valence-electron chi connectivity index (χ1n) is 11.1. The molecule has 3 aromatic rings. The molecule has 1 spiro atoms. The van der Waals surface area contributed by atoms with Gasteiger partial charge in [-0.3, -0.25) is 9.59 Å². The van der Waals surface area contributed by atoms with E-state index >= 15 is 0 Å². The summed E-state index contributed by atoms with van der Waals surface area (Å²) in [4.78, 5) is 27.7. The van der Waals surface area contributed by atoms with Gasteiger partial charge in [-0.1, -0.05) is 31.2 Å². The highest BCUT2D eigenvalue weighted by molar-refractivity contribution is 5.76. The average Bonchev–Trinajstić information content (AvgIpc) is 3.46. The van der Waals surface area contributed by atoms with Gasteiger partial charge in [0.05, 0.1) is 18.9 Å². The highest BCUT2D eigenvalue weighted by Crippen LogP contribution is 2.31. The van der Waals surface area contributed by atoms with Gasteiger partial charge in [0.2, 0.25) is 5.91 Å². The van der Waals surface area contributed by atoms with Crippen LogP contribution in [0.1, 0.15) is 31.2 Å². The minimum atomic E-state index is -0.537. The molecule has 0 unspecified atom stereocenters. The number of benzene rings is 1. The quantitative estimate of drug-likeness (QED) is 0.618. The topological polar surface area (TPSA) is 91.0 Å². The molecule has 168 valence electrons. The summed E-state index contributed by atoms with van der Waals surface area (Å²) in [5.74, 6) is -0.120. The molecule has 32 heavy (non-hydrogen) atoms. The molecule has 9 nitrogen and oxygen atoms in total. The van der Waals surface area contributed by atoms with E-state index in [1.165, 1.54) is 10.2 Å². The van der Waals surface area contributed by atoms with Crippen LogP contribution in [0.3, 0.4) is 0 Å². The van der Waals surface area contributed by atoms with Gasteiger partial charge in [-0.05, 0) is 25.0 Å². The van der Waals surface area contributed by atoms with E-state index in [9.17, 15) is 9.59 Å². The molecule has 4 heterocycles. The molecular weight excluding hydrogens is 410 g/mol. The number of likely N-dealkylation sites (tertiary alicyclic amines) is 1. The number of piperidine rings is 1. The summed E-state index contributed by atoms with van der Waals surface area (Å²) in [6, 6.07) is 9.90. The summed E-state index contributed by atoms with van der Waals surface area (Å²) in [7, 11) is 0. The number of fused-ring (bicyclic) bond motifs is 1. The van der Waals surface area contributed by atoms with Gasteiger partial charge in [0.25, 0.3) is 5.56 Å². The van der Waals surface area contributed by atoms with Gasteiger partial charge in [0.1, 0.15) is 17.9 Å². The monoisotopic (exact) mass is 437 g/mol. The first-order valence-corrected chi connectivity index (χ1v) is 11.1. The van der Waals surface area contributed by atoms with Crippen molar-refractivity contribution in [1.29, 1.82) is 0 Å². The smallest absolute Gasteiger partial charge is 0.293 e. The number of amides is 1. The van der Waals surface area contributed by atoms with E-state index in [4.69, 9.17) is 9.47 Å². The van der Waals surface area contributed by atoms with Crippen molar-refractivity contribution in [3.63, 3.8) is 0 Å². The van der Waals surface area contributed by atoms with Gasteiger partial charge < -0.3 is 14.4 Å². The van der Waals surface area contributed by atoms with Crippen LogP contribution in [-0.2, 0) is 27.2 Å². The molecule has 0 atom stereocenters. The second kappa shape index (κ2) is 8.14. The van der Waals surface area contributed by atoms with Gasteiger partial charge in [0.15, 0.2) is 5.79 Å². The molecule has 2 saturated heterocycles. The van der Waals surface area contributed by atoms with E-state index in [2.05, 4.69) is 29.3 Å². The van der Waals surface area contributed by atoms with Gasteiger partial charge >= 0.3 is 0 Å². The van der Waals surface area contributed by atoms with Crippen LogP contribution in [-0.4, -0.2) is 62.3 Å². The predicted octanol–water partition coefficient (Wildman–Crippen LogP) is 1.79. The second-order valence-electron chi connectivity index (χ2n) is 8.38. The Morgan fingerprint density at radius 2 is 1.78 bits per heavy atom. The number of aryl methyl sites for hydroxylation is 2. The van der Waals surface area contributed by atoms with Crippen molar-refractivity contribution in [3.05, 3.63) is 52.1 Å². The third-order valence-corrected chi connectivity index (χ3v) is 6.37. The van der Waals surface area contributed by atoms with E-state index in [1.807, 2.05) is 12.1 Å². The summed E-state index contributed by atoms with van der Waals surface area (Å²) in [6.07, 6.45) is 2.25. The number of ether oxygens (including phenoxy) is 2. The highest BCUT2D eigenvalue weighted by atomic mass is 16.7. The number of hydrogen-bond donors (Lipinski definition) is 0. The predicted molar refractivity (Wildman–Crippen MR) is 117 cm³/mol. The summed E-state index contributed by atoms with van der Waals surface area (Å²) >= 11 is 0. The van der Waals surface area contributed by atoms with Crippen LogP contribution in [0.2, 0.25) is 0 Å². The molecule has 2 fully saturated rings. The molecule has 5 rings (SSSR count). The third-order valence-electron chi connectivity index (χ3n) is 6.37. The number of nitrogens with zero attached hydrogens (tertiary/aromatic N) is 5. The first kappa shape index (κ1) is 20.8. The fourth-order valence-electron chi connectivity index (χ4n) is 4.44. The minimum absolute atomic E-state index is 0.101. The molecule has 0 radical (unpaired) electrons. The molecule has 2 aliphatic rings. The Morgan fingerprint density at radius 1 is 1.09 bits per heavy atom. The van der Waals surface area contributed by atoms with Crippen molar-refractivity contribution in [1.82, 2.24) is 24.3 Å². The van der Waals surface area contributed by atoms with Gasteiger partial charge in [-0.2, -0.15) is 10.2 Å². The van der Waals surface area contributed by atoms with Crippen molar-refractivity contribution in [2.75, 3.05) is 26.3 Å². The van der Waals surface area contributed by atoms with Crippen LogP contribution in [0.25, 0.3) is 16.8 Å². The van der Waals surface area contributed by atoms with E-state index in [0.717, 1.165) is 12.0 Å². The molecule has 1 aromatic carbocycles. The molecule has 0 N–H and O–H groups in total.